The number of anilines is 1. The first kappa shape index (κ1) is 24.3. The molecule has 2 aromatic rings. The van der Waals surface area contributed by atoms with Crippen molar-refractivity contribution in [3.63, 3.8) is 0 Å². The highest BCUT2D eigenvalue weighted by Gasteiger charge is 2.33. The van der Waals surface area contributed by atoms with E-state index in [-0.39, 0.29) is 18.8 Å². The van der Waals surface area contributed by atoms with Gasteiger partial charge >= 0.3 is 6.09 Å². The van der Waals surface area contributed by atoms with E-state index in [0.717, 1.165) is 24.3 Å². The predicted molar refractivity (Wildman–Crippen MR) is 126 cm³/mol. The van der Waals surface area contributed by atoms with E-state index in [2.05, 4.69) is 27.4 Å². The molecule has 2 amide bonds. The summed E-state index contributed by atoms with van der Waals surface area (Å²) in [5, 5.41) is 24.8. The van der Waals surface area contributed by atoms with Gasteiger partial charge in [-0.25, -0.2) is 4.79 Å². The molecule has 0 aromatic heterocycles. The smallest absolute Gasteiger partial charge is 0.404 e. The van der Waals surface area contributed by atoms with Gasteiger partial charge in [0.1, 0.15) is 5.75 Å². The summed E-state index contributed by atoms with van der Waals surface area (Å²) in [6.07, 6.45) is -2.26. The Morgan fingerprint density at radius 2 is 1.91 bits per heavy atom. The lowest BCUT2D eigenvalue weighted by molar-refractivity contribution is 0.0642. The zero-order valence-corrected chi connectivity index (χ0v) is 19.2. The van der Waals surface area contributed by atoms with Crippen LogP contribution in [0.15, 0.2) is 48.5 Å². The van der Waals surface area contributed by atoms with Crippen LogP contribution >= 0.6 is 0 Å². The van der Waals surface area contributed by atoms with Crippen LogP contribution in [0.3, 0.4) is 0 Å². The number of nitrogens with one attached hydrogen (secondary N) is 2. The number of amides is 2. The highest BCUT2D eigenvalue weighted by Crippen LogP contribution is 2.38. The molecule has 2 aromatic carbocycles. The number of fused-ring (bicyclic) bond motifs is 1. The molecular formula is C24H32N4O5. The largest absolute Gasteiger partial charge is 0.465 e. The molecule has 1 heterocycles. The van der Waals surface area contributed by atoms with Crippen LogP contribution < -0.4 is 20.3 Å². The van der Waals surface area contributed by atoms with Crippen molar-refractivity contribution in [1.82, 2.24) is 15.5 Å². The number of aliphatic hydroxyl groups excluding tert-OH is 1. The lowest BCUT2D eigenvalue weighted by Gasteiger charge is -2.30. The second kappa shape index (κ2) is 11.0. The van der Waals surface area contributed by atoms with E-state index in [9.17, 15) is 14.7 Å². The topological polar surface area (TPSA) is 114 Å². The zero-order valence-electron chi connectivity index (χ0n) is 19.2. The minimum absolute atomic E-state index is 0.100. The molecule has 9 heteroatoms. The summed E-state index contributed by atoms with van der Waals surface area (Å²) in [6, 6.07) is 13.8. The van der Waals surface area contributed by atoms with Gasteiger partial charge in [-0.2, -0.15) is 0 Å². The van der Waals surface area contributed by atoms with E-state index in [0.29, 0.717) is 17.7 Å². The summed E-state index contributed by atoms with van der Waals surface area (Å²) in [5.74, 6) is 0.259. The molecule has 9 nitrogen and oxygen atoms in total. The fourth-order valence-electron chi connectivity index (χ4n) is 3.85. The third-order valence-corrected chi connectivity index (χ3v) is 5.79. The van der Waals surface area contributed by atoms with E-state index in [1.807, 2.05) is 50.4 Å². The van der Waals surface area contributed by atoms with Crippen LogP contribution in [0.2, 0.25) is 0 Å². The Labute approximate surface area is 194 Å². The summed E-state index contributed by atoms with van der Waals surface area (Å²) in [7, 11) is 1.98. The van der Waals surface area contributed by atoms with Gasteiger partial charge in [-0.3, -0.25) is 9.69 Å². The van der Waals surface area contributed by atoms with E-state index in [1.54, 1.807) is 12.1 Å². The number of benzene rings is 2. The van der Waals surface area contributed by atoms with Crippen LogP contribution in [0.5, 0.6) is 5.75 Å². The van der Waals surface area contributed by atoms with Gasteiger partial charge in [-0.1, -0.05) is 37.3 Å². The highest BCUT2D eigenvalue weighted by atomic mass is 16.5. The molecule has 3 atom stereocenters. The Hall–Kier alpha value is -3.30. The SMILES string of the molecule is CCN(C)C1Oc2cc(C(=O)NC[C@H](O)[C@H](Cc3ccccc3)NC(=O)O)ccc2N1CC. The first-order valence-corrected chi connectivity index (χ1v) is 11.1. The van der Waals surface area contributed by atoms with Crippen LogP contribution in [0.1, 0.15) is 29.8 Å². The van der Waals surface area contributed by atoms with Gasteiger partial charge in [-0.15, -0.1) is 0 Å². The number of carbonyl (C=O) groups excluding carboxylic acids is 1. The van der Waals surface area contributed by atoms with Crippen molar-refractivity contribution in [2.75, 3.05) is 31.6 Å². The van der Waals surface area contributed by atoms with Gasteiger partial charge in [0.05, 0.1) is 17.8 Å². The summed E-state index contributed by atoms with van der Waals surface area (Å²) in [5.41, 5.74) is 2.21. The van der Waals surface area contributed by atoms with Gasteiger partial charge in [0.15, 0.2) is 0 Å². The number of carbonyl (C=O) groups is 2. The van der Waals surface area contributed by atoms with E-state index in [1.165, 1.54) is 0 Å². The molecule has 0 spiro atoms. The molecule has 1 aliphatic rings. The molecule has 178 valence electrons. The maximum atomic E-state index is 12.7. The van der Waals surface area contributed by atoms with Crippen molar-refractivity contribution in [3.8, 4) is 5.75 Å². The second-order valence-electron chi connectivity index (χ2n) is 8.01. The Kier molecular flexibility index (Phi) is 8.13. The molecule has 0 aliphatic carbocycles. The van der Waals surface area contributed by atoms with E-state index in [4.69, 9.17) is 9.84 Å². The molecule has 1 unspecified atom stereocenters. The van der Waals surface area contributed by atoms with Crippen LogP contribution in [0.25, 0.3) is 0 Å². The van der Waals surface area contributed by atoms with Crippen molar-refractivity contribution in [2.45, 2.75) is 38.8 Å². The fraction of sp³-hybridized carbons (Fsp3) is 0.417. The van der Waals surface area contributed by atoms with Gasteiger partial charge in [-0.05, 0) is 44.2 Å². The third-order valence-electron chi connectivity index (χ3n) is 5.79. The first-order chi connectivity index (χ1) is 15.8. The summed E-state index contributed by atoms with van der Waals surface area (Å²) < 4.78 is 6.08. The molecule has 3 rings (SSSR count). The minimum Gasteiger partial charge on any atom is -0.465 e. The Balaban J connectivity index is 1.64. The van der Waals surface area contributed by atoms with Crippen molar-refractivity contribution in [3.05, 3.63) is 59.7 Å². The molecule has 0 radical (unpaired) electrons. The lowest BCUT2D eigenvalue weighted by atomic mass is 10.0. The third kappa shape index (κ3) is 5.94. The molecule has 0 saturated carbocycles. The molecule has 1 aliphatic heterocycles. The highest BCUT2D eigenvalue weighted by molar-refractivity contribution is 5.95. The summed E-state index contributed by atoms with van der Waals surface area (Å²) in [4.78, 5) is 28.1. The normalized spacial score (nSPS) is 16.6. The monoisotopic (exact) mass is 456 g/mol. The standard InChI is InChI=1S/C24H32N4O5/c1-4-27(3)24-28(5-2)19-12-11-17(14-21(19)33-24)22(30)25-15-20(29)18(26-23(31)32)13-16-9-7-6-8-10-16/h6-12,14,18,20,24,26,29H,4-5,13,15H2,1-3H3,(H,25,30)(H,31,32)/t18-,20-,24?/m0/s1. The number of aliphatic hydroxyl groups is 1. The summed E-state index contributed by atoms with van der Waals surface area (Å²) >= 11 is 0. The number of hydrogen-bond acceptors (Lipinski definition) is 6. The Morgan fingerprint density at radius 3 is 2.55 bits per heavy atom. The van der Waals surface area contributed by atoms with Crippen molar-refractivity contribution >= 4 is 17.7 Å². The predicted octanol–water partition coefficient (Wildman–Crippen LogP) is 2.11. The number of rotatable bonds is 10. The molecule has 0 fully saturated rings. The molecular weight excluding hydrogens is 424 g/mol. The average Bonchev–Trinajstić information content (AvgIpc) is 3.19. The number of carboxylic acid groups (broad SMARTS) is 1. The second-order valence-corrected chi connectivity index (χ2v) is 8.01. The summed E-state index contributed by atoms with van der Waals surface area (Å²) in [6.45, 7) is 5.58. The van der Waals surface area contributed by atoms with Gasteiger partial charge in [0.2, 0.25) is 6.35 Å². The quantitative estimate of drug-likeness (QED) is 0.433. The molecule has 33 heavy (non-hydrogen) atoms. The number of hydrogen-bond donors (Lipinski definition) is 4. The van der Waals surface area contributed by atoms with Gasteiger partial charge < -0.3 is 30.5 Å². The molecule has 0 saturated heterocycles. The fourth-order valence-corrected chi connectivity index (χ4v) is 3.85. The maximum absolute atomic E-state index is 12.7. The van der Waals surface area contributed by atoms with Crippen LogP contribution in [0.4, 0.5) is 10.5 Å². The van der Waals surface area contributed by atoms with E-state index >= 15 is 0 Å². The van der Waals surface area contributed by atoms with Crippen LogP contribution in [-0.4, -0.2) is 72.3 Å². The number of ether oxygens (including phenoxy) is 1. The molecule has 0 bridgehead atoms. The average molecular weight is 457 g/mol. The number of nitrogens with zero attached hydrogens (tertiary/aromatic N) is 2. The van der Waals surface area contributed by atoms with Crippen LogP contribution in [0, 0.1) is 0 Å². The van der Waals surface area contributed by atoms with E-state index < -0.39 is 18.2 Å². The maximum Gasteiger partial charge on any atom is 0.404 e. The Morgan fingerprint density at radius 1 is 1.18 bits per heavy atom. The van der Waals surface area contributed by atoms with Crippen molar-refractivity contribution in [2.24, 2.45) is 0 Å². The zero-order chi connectivity index (χ0) is 24.0. The Bertz CT molecular complexity index is 955. The molecule has 4 N–H and O–H groups in total. The van der Waals surface area contributed by atoms with Crippen LogP contribution in [-0.2, 0) is 6.42 Å². The first-order valence-electron chi connectivity index (χ1n) is 11.1. The van der Waals surface area contributed by atoms with Crippen molar-refractivity contribution < 1.29 is 24.5 Å². The van der Waals surface area contributed by atoms with Crippen molar-refractivity contribution in [1.29, 1.82) is 0 Å². The van der Waals surface area contributed by atoms with Gasteiger partial charge in [0.25, 0.3) is 5.91 Å². The minimum atomic E-state index is -1.23. The lowest BCUT2D eigenvalue weighted by Crippen LogP contribution is -2.49. The van der Waals surface area contributed by atoms with Gasteiger partial charge in [0, 0.05) is 25.2 Å².